The van der Waals surface area contributed by atoms with Crippen molar-refractivity contribution in [3.05, 3.63) is 53.6 Å². The molecule has 1 fully saturated rings. The van der Waals surface area contributed by atoms with Crippen molar-refractivity contribution < 1.29 is 26.3 Å². The van der Waals surface area contributed by atoms with Crippen LogP contribution in [0.15, 0.2) is 47.4 Å². The zero-order valence-corrected chi connectivity index (χ0v) is 15.3. The van der Waals surface area contributed by atoms with Gasteiger partial charge in [-0.1, -0.05) is 18.2 Å². The summed E-state index contributed by atoms with van der Waals surface area (Å²) < 4.78 is 71.9. The summed E-state index contributed by atoms with van der Waals surface area (Å²) in [6, 6.07) is 9.41. The second-order valence-corrected chi connectivity index (χ2v) is 7.98. The van der Waals surface area contributed by atoms with Crippen molar-refractivity contribution in [2.75, 3.05) is 12.4 Å². The molecule has 9 heteroatoms. The van der Waals surface area contributed by atoms with Gasteiger partial charge in [-0.25, -0.2) is 13.1 Å². The highest BCUT2D eigenvalue weighted by molar-refractivity contribution is 7.89. The van der Waals surface area contributed by atoms with Gasteiger partial charge in [-0.05, 0) is 42.7 Å². The van der Waals surface area contributed by atoms with Gasteiger partial charge in [0.25, 0.3) is 0 Å². The number of hydrogen-bond acceptors (Lipinski definition) is 4. The molecule has 5 nitrogen and oxygen atoms in total. The number of rotatable bonds is 7. The Morgan fingerprint density at radius 3 is 2.48 bits per heavy atom. The van der Waals surface area contributed by atoms with Gasteiger partial charge >= 0.3 is 6.18 Å². The third-order valence-corrected chi connectivity index (χ3v) is 5.69. The van der Waals surface area contributed by atoms with Gasteiger partial charge in [0.15, 0.2) is 0 Å². The lowest BCUT2D eigenvalue weighted by Gasteiger charge is -2.16. The highest BCUT2D eigenvalue weighted by Crippen LogP contribution is 2.33. The normalized spacial score (nSPS) is 14.8. The molecule has 3 rings (SSSR count). The molecule has 1 saturated carbocycles. The van der Waals surface area contributed by atoms with E-state index >= 15 is 0 Å². The van der Waals surface area contributed by atoms with Crippen LogP contribution < -0.4 is 14.8 Å². The average molecular weight is 400 g/mol. The van der Waals surface area contributed by atoms with Crippen molar-refractivity contribution in [2.45, 2.75) is 36.5 Å². The first-order valence-electron chi connectivity index (χ1n) is 8.30. The fourth-order valence-electron chi connectivity index (χ4n) is 2.62. The van der Waals surface area contributed by atoms with Crippen LogP contribution in [0.25, 0.3) is 0 Å². The van der Waals surface area contributed by atoms with Crippen molar-refractivity contribution in [1.29, 1.82) is 0 Å². The van der Waals surface area contributed by atoms with Crippen LogP contribution in [-0.2, 0) is 22.7 Å². The predicted octanol–water partition coefficient (Wildman–Crippen LogP) is 3.77. The molecule has 146 valence electrons. The van der Waals surface area contributed by atoms with E-state index in [9.17, 15) is 21.6 Å². The van der Waals surface area contributed by atoms with Crippen LogP contribution in [0, 0.1) is 0 Å². The van der Waals surface area contributed by atoms with E-state index in [1.807, 2.05) is 0 Å². The topological polar surface area (TPSA) is 67.4 Å². The molecule has 0 aliphatic heterocycles. The molecular weight excluding hydrogens is 381 g/mol. The number of nitrogens with one attached hydrogen (secondary N) is 2. The highest BCUT2D eigenvalue weighted by Gasteiger charge is 2.33. The van der Waals surface area contributed by atoms with Crippen LogP contribution >= 0.6 is 0 Å². The molecule has 0 aromatic heterocycles. The maximum atomic E-state index is 13.1. The third-order valence-electron chi connectivity index (χ3n) is 4.17. The summed E-state index contributed by atoms with van der Waals surface area (Å²) >= 11 is 0. The SMILES string of the molecule is COc1ccc(S(=O)(=O)NC2CC2)cc1NCc1ccccc1C(F)(F)F. The Bertz CT molecular complexity index is 926. The summed E-state index contributed by atoms with van der Waals surface area (Å²) in [5.74, 6) is 0.338. The Kier molecular flexibility index (Phi) is 5.34. The fourth-order valence-corrected chi connectivity index (χ4v) is 3.95. The Hall–Kier alpha value is -2.26. The standard InChI is InChI=1S/C18H19F3N2O3S/c1-26-17-9-8-14(27(24,25)23-13-6-7-13)10-16(17)22-11-12-4-2-3-5-15(12)18(19,20)21/h2-5,8-10,13,22-23H,6-7,11H2,1H3. The Morgan fingerprint density at radius 2 is 1.85 bits per heavy atom. The second-order valence-electron chi connectivity index (χ2n) is 6.27. The third kappa shape index (κ3) is 4.72. The minimum Gasteiger partial charge on any atom is -0.495 e. The van der Waals surface area contributed by atoms with Crippen molar-refractivity contribution in [2.24, 2.45) is 0 Å². The molecule has 2 aromatic rings. The molecule has 0 radical (unpaired) electrons. The highest BCUT2D eigenvalue weighted by atomic mass is 32.2. The summed E-state index contributed by atoms with van der Waals surface area (Å²) in [5, 5.41) is 2.86. The number of sulfonamides is 1. The van der Waals surface area contributed by atoms with Crippen LogP contribution in [0.3, 0.4) is 0 Å². The van der Waals surface area contributed by atoms with Crippen molar-refractivity contribution in [1.82, 2.24) is 4.72 Å². The van der Waals surface area contributed by atoms with E-state index < -0.39 is 21.8 Å². The summed E-state index contributed by atoms with van der Waals surface area (Å²) in [6.45, 7) is -0.133. The van der Waals surface area contributed by atoms with Gasteiger partial charge in [0.1, 0.15) is 5.75 Å². The molecule has 27 heavy (non-hydrogen) atoms. The minimum atomic E-state index is -4.47. The Balaban J connectivity index is 1.85. The maximum Gasteiger partial charge on any atom is 0.416 e. The summed E-state index contributed by atoms with van der Waals surface area (Å²) in [6.07, 6.45) is -2.87. The quantitative estimate of drug-likeness (QED) is 0.743. The molecule has 0 saturated heterocycles. The van der Waals surface area contributed by atoms with Crippen molar-refractivity contribution in [3.63, 3.8) is 0 Å². The first kappa shape index (κ1) is 19.5. The molecule has 0 spiro atoms. The molecule has 0 amide bonds. The zero-order chi connectivity index (χ0) is 19.7. The summed E-state index contributed by atoms with van der Waals surface area (Å²) in [7, 11) is -2.28. The van der Waals surface area contributed by atoms with Crippen molar-refractivity contribution >= 4 is 15.7 Å². The summed E-state index contributed by atoms with van der Waals surface area (Å²) in [5.41, 5.74) is -0.389. The summed E-state index contributed by atoms with van der Waals surface area (Å²) in [4.78, 5) is 0.0295. The molecule has 0 unspecified atom stereocenters. The Labute approximate surface area is 155 Å². The van der Waals surface area contributed by atoms with Crippen LogP contribution in [-0.4, -0.2) is 21.6 Å². The maximum absolute atomic E-state index is 13.1. The number of ether oxygens (including phenoxy) is 1. The number of hydrogen-bond donors (Lipinski definition) is 2. The first-order valence-corrected chi connectivity index (χ1v) is 9.78. The molecule has 0 bridgehead atoms. The second kappa shape index (κ2) is 7.40. The molecular formula is C18H19F3N2O3S. The predicted molar refractivity (Wildman–Crippen MR) is 95.1 cm³/mol. The zero-order valence-electron chi connectivity index (χ0n) is 14.5. The number of benzene rings is 2. The number of anilines is 1. The van der Waals surface area contributed by atoms with Gasteiger partial charge < -0.3 is 10.1 Å². The number of alkyl halides is 3. The van der Waals surface area contributed by atoms with E-state index in [2.05, 4.69) is 10.0 Å². The lowest BCUT2D eigenvalue weighted by atomic mass is 10.1. The van der Waals surface area contributed by atoms with Gasteiger partial charge in [-0.15, -0.1) is 0 Å². The van der Waals surface area contributed by atoms with Crippen molar-refractivity contribution in [3.8, 4) is 5.75 Å². The van der Waals surface area contributed by atoms with E-state index in [0.717, 1.165) is 18.9 Å². The van der Waals surface area contributed by atoms with Crippen LogP contribution in [0.4, 0.5) is 18.9 Å². The smallest absolute Gasteiger partial charge is 0.416 e. The number of halogens is 3. The number of methoxy groups -OCH3 is 1. The Morgan fingerprint density at radius 1 is 1.15 bits per heavy atom. The van der Waals surface area contributed by atoms with Gasteiger partial charge in [0, 0.05) is 12.6 Å². The molecule has 0 atom stereocenters. The van der Waals surface area contributed by atoms with E-state index in [4.69, 9.17) is 4.74 Å². The molecule has 2 aromatic carbocycles. The van der Waals surface area contributed by atoms with Crippen LogP contribution in [0.5, 0.6) is 5.75 Å². The first-order chi connectivity index (χ1) is 12.7. The molecule has 0 heterocycles. The van der Waals surface area contributed by atoms with E-state index in [0.29, 0.717) is 11.4 Å². The van der Waals surface area contributed by atoms with Gasteiger partial charge in [-0.2, -0.15) is 13.2 Å². The van der Waals surface area contributed by atoms with E-state index in [-0.39, 0.29) is 23.0 Å². The molecule has 1 aliphatic carbocycles. The minimum absolute atomic E-state index is 0.0295. The average Bonchev–Trinajstić information content (AvgIpc) is 3.42. The van der Waals surface area contributed by atoms with Crippen LogP contribution in [0.1, 0.15) is 24.0 Å². The van der Waals surface area contributed by atoms with Gasteiger partial charge in [-0.3, -0.25) is 0 Å². The van der Waals surface area contributed by atoms with E-state index in [1.165, 1.54) is 43.5 Å². The monoisotopic (exact) mass is 400 g/mol. The largest absolute Gasteiger partial charge is 0.495 e. The fraction of sp³-hybridized carbons (Fsp3) is 0.333. The van der Waals surface area contributed by atoms with E-state index in [1.54, 1.807) is 0 Å². The van der Waals surface area contributed by atoms with Crippen LogP contribution in [0.2, 0.25) is 0 Å². The lowest BCUT2D eigenvalue weighted by Crippen LogP contribution is -2.25. The lowest BCUT2D eigenvalue weighted by molar-refractivity contribution is -0.138. The van der Waals surface area contributed by atoms with Gasteiger partial charge in [0.05, 0.1) is 23.3 Å². The molecule has 2 N–H and O–H groups in total. The molecule has 1 aliphatic rings. The van der Waals surface area contributed by atoms with Gasteiger partial charge in [0.2, 0.25) is 10.0 Å².